The number of hydrogen-bond acceptors (Lipinski definition) is 4. The zero-order chi connectivity index (χ0) is 18.4. The lowest BCUT2D eigenvalue weighted by molar-refractivity contribution is -0.383. The van der Waals surface area contributed by atoms with Crippen LogP contribution in [-0.2, 0) is 10.2 Å². The van der Waals surface area contributed by atoms with Gasteiger partial charge >= 0.3 is 0 Å². The van der Waals surface area contributed by atoms with E-state index in [0.29, 0.717) is 9.26 Å². The first-order valence-corrected chi connectivity index (χ1v) is 8.54. The molecule has 1 aromatic rings. The van der Waals surface area contributed by atoms with Crippen LogP contribution in [0, 0.1) is 30.9 Å². The molecular formula is C17H20IN3O3. The van der Waals surface area contributed by atoms with Gasteiger partial charge in [0, 0.05) is 20.6 Å². The quantitative estimate of drug-likeness (QED) is 0.250. The lowest BCUT2D eigenvalue weighted by Crippen LogP contribution is -2.36. The Kier molecular flexibility index (Phi) is 4.57. The van der Waals surface area contributed by atoms with E-state index in [4.69, 9.17) is 5.73 Å². The van der Waals surface area contributed by atoms with Gasteiger partial charge in [-0.15, -0.1) is 0 Å². The molecule has 2 rings (SSSR count). The second kappa shape index (κ2) is 5.92. The number of nitrogens with zero attached hydrogens (tertiary/aromatic N) is 2. The highest BCUT2D eigenvalue weighted by molar-refractivity contribution is 14.1. The Morgan fingerprint density at radius 1 is 1.42 bits per heavy atom. The molecule has 2 N–H and O–H groups in total. The van der Waals surface area contributed by atoms with Gasteiger partial charge in [0.25, 0.3) is 5.69 Å². The molecule has 0 fully saturated rings. The average molecular weight is 441 g/mol. The highest BCUT2D eigenvalue weighted by Crippen LogP contribution is 2.48. The summed E-state index contributed by atoms with van der Waals surface area (Å²) >= 11 is 1.98. The second-order valence-electron chi connectivity index (χ2n) is 7.34. The van der Waals surface area contributed by atoms with Crippen molar-refractivity contribution < 1.29 is 9.72 Å². The Balaban J connectivity index is 2.62. The van der Waals surface area contributed by atoms with E-state index >= 15 is 0 Å². The van der Waals surface area contributed by atoms with Crippen LogP contribution in [0.3, 0.4) is 0 Å². The summed E-state index contributed by atoms with van der Waals surface area (Å²) in [6.07, 6.45) is 0. The molecule has 0 saturated heterocycles. The van der Waals surface area contributed by atoms with Crippen LogP contribution in [-0.4, -0.2) is 17.4 Å². The number of halogens is 1. The van der Waals surface area contributed by atoms with Gasteiger partial charge in [-0.1, -0.05) is 11.8 Å². The minimum absolute atomic E-state index is 0.0999. The van der Waals surface area contributed by atoms with E-state index in [2.05, 4.69) is 11.8 Å². The third-order valence-electron chi connectivity index (χ3n) is 3.85. The molecule has 1 amide bonds. The molecule has 0 radical (unpaired) electrons. The number of amides is 1. The third-order valence-corrected chi connectivity index (χ3v) is 4.97. The molecule has 0 aliphatic carbocycles. The molecule has 24 heavy (non-hydrogen) atoms. The van der Waals surface area contributed by atoms with Gasteiger partial charge in [0.2, 0.25) is 5.91 Å². The molecule has 6 nitrogen and oxygen atoms in total. The van der Waals surface area contributed by atoms with Gasteiger partial charge in [-0.25, -0.2) is 0 Å². The molecule has 0 atom stereocenters. The number of fused-ring (bicyclic) bond motifs is 1. The highest BCUT2D eigenvalue weighted by Gasteiger charge is 2.47. The summed E-state index contributed by atoms with van der Waals surface area (Å²) in [4.78, 5) is 25.1. The van der Waals surface area contributed by atoms with E-state index in [1.54, 1.807) is 13.8 Å². The van der Waals surface area contributed by atoms with Crippen molar-refractivity contribution in [3.8, 4) is 11.8 Å². The summed E-state index contributed by atoms with van der Waals surface area (Å²) in [7, 11) is 0. The molecule has 0 spiro atoms. The van der Waals surface area contributed by atoms with Crippen LogP contribution < -0.4 is 10.6 Å². The summed E-state index contributed by atoms with van der Waals surface area (Å²) in [5.41, 5.74) is 6.12. The second-order valence-corrected chi connectivity index (χ2v) is 8.42. The number of nitrogens with two attached hydrogens (primary N) is 1. The molecule has 0 bridgehead atoms. The molecule has 1 heterocycles. The number of nitro groups is 1. The van der Waals surface area contributed by atoms with Crippen molar-refractivity contribution in [3.05, 3.63) is 25.3 Å². The van der Waals surface area contributed by atoms with E-state index in [0.717, 1.165) is 5.56 Å². The van der Waals surface area contributed by atoms with Crippen LogP contribution in [0.2, 0.25) is 0 Å². The molecule has 0 saturated carbocycles. The predicted octanol–water partition coefficient (Wildman–Crippen LogP) is 3.46. The molecule has 0 aromatic heterocycles. The molecule has 1 aliphatic rings. The zero-order valence-electron chi connectivity index (χ0n) is 14.4. The van der Waals surface area contributed by atoms with Gasteiger partial charge in [0.05, 0.1) is 22.6 Å². The standard InChI is InChI=1S/C17H20IN3O3/c1-16(2,3)7-6-8-20-10-9-11(21(23)24)14(19)13(18)12(10)17(4,5)15(20)22/h9H,8,19H2,1-5H3. The maximum Gasteiger partial charge on any atom is 0.295 e. The number of carbonyl (C=O) groups is 1. The topological polar surface area (TPSA) is 89.5 Å². The summed E-state index contributed by atoms with van der Waals surface area (Å²) in [6.45, 7) is 9.76. The Bertz CT molecular complexity index is 798. The van der Waals surface area contributed by atoms with Crippen molar-refractivity contribution in [1.82, 2.24) is 0 Å². The minimum atomic E-state index is -0.793. The van der Waals surface area contributed by atoms with Gasteiger partial charge in [-0.2, -0.15) is 0 Å². The number of carbonyl (C=O) groups excluding carboxylic acids is 1. The molecule has 7 heteroatoms. The SMILES string of the molecule is CC(C)(C)C#CCN1C(=O)C(C)(C)c2c1cc([N+](=O)[O-])c(N)c2I. The summed E-state index contributed by atoms with van der Waals surface area (Å²) < 4.78 is 0.557. The lowest BCUT2D eigenvalue weighted by atomic mass is 9.86. The average Bonchev–Trinajstić information content (AvgIpc) is 2.61. The van der Waals surface area contributed by atoms with Gasteiger partial charge in [0.15, 0.2) is 0 Å². The number of hydrogen-bond donors (Lipinski definition) is 1. The fourth-order valence-electron chi connectivity index (χ4n) is 2.69. The molecule has 128 valence electrons. The van der Waals surface area contributed by atoms with E-state index in [9.17, 15) is 14.9 Å². The summed E-state index contributed by atoms with van der Waals surface area (Å²) in [6, 6.07) is 1.39. The van der Waals surface area contributed by atoms with Crippen molar-refractivity contribution in [2.24, 2.45) is 5.41 Å². The van der Waals surface area contributed by atoms with Gasteiger partial charge in [-0.05, 0) is 57.2 Å². The van der Waals surface area contributed by atoms with E-state index in [1.165, 1.54) is 11.0 Å². The Morgan fingerprint density at radius 3 is 2.50 bits per heavy atom. The van der Waals surface area contributed by atoms with E-state index in [-0.39, 0.29) is 29.2 Å². The van der Waals surface area contributed by atoms with Crippen molar-refractivity contribution in [2.75, 3.05) is 17.2 Å². The van der Waals surface area contributed by atoms with Crippen LogP contribution in [0.4, 0.5) is 17.1 Å². The van der Waals surface area contributed by atoms with Crippen molar-refractivity contribution >= 4 is 45.6 Å². The minimum Gasteiger partial charge on any atom is -0.392 e. The van der Waals surface area contributed by atoms with Crippen LogP contribution in [0.15, 0.2) is 6.07 Å². The first-order valence-electron chi connectivity index (χ1n) is 7.46. The van der Waals surface area contributed by atoms with Crippen LogP contribution in [0.25, 0.3) is 0 Å². The first kappa shape index (κ1) is 18.5. The molecule has 0 unspecified atom stereocenters. The fourth-order valence-corrected chi connectivity index (χ4v) is 3.92. The van der Waals surface area contributed by atoms with Gasteiger partial charge in [-0.3, -0.25) is 19.8 Å². The maximum atomic E-state index is 12.8. The third kappa shape index (κ3) is 3.07. The van der Waals surface area contributed by atoms with Crippen molar-refractivity contribution in [2.45, 2.75) is 40.0 Å². The van der Waals surface area contributed by atoms with E-state index < -0.39 is 10.3 Å². The largest absolute Gasteiger partial charge is 0.392 e. The van der Waals surface area contributed by atoms with Crippen LogP contribution in [0.1, 0.15) is 40.2 Å². The maximum absolute atomic E-state index is 12.8. The summed E-state index contributed by atoms with van der Waals surface area (Å²) in [5, 5.41) is 11.3. The fraction of sp³-hybridized carbons (Fsp3) is 0.471. The Morgan fingerprint density at radius 2 is 2.00 bits per heavy atom. The number of nitrogen functional groups attached to an aromatic ring is 1. The molecule has 1 aromatic carbocycles. The van der Waals surface area contributed by atoms with Crippen molar-refractivity contribution in [1.29, 1.82) is 0 Å². The lowest BCUT2D eigenvalue weighted by Gasteiger charge is -2.18. The van der Waals surface area contributed by atoms with Crippen LogP contribution >= 0.6 is 22.6 Å². The monoisotopic (exact) mass is 441 g/mol. The van der Waals surface area contributed by atoms with Gasteiger partial charge < -0.3 is 5.73 Å². The Hall–Kier alpha value is -1.82. The highest BCUT2D eigenvalue weighted by atomic mass is 127. The first-order chi connectivity index (χ1) is 10.9. The van der Waals surface area contributed by atoms with E-state index in [1.807, 2.05) is 43.4 Å². The molecule has 1 aliphatic heterocycles. The number of benzene rings is 1. The van der Waals surface area contributed by atoms with Gasteiger partial charge in [0.1, 0.15) is 5.69 Å². The predicted molar refractivity (Wildman–Crippen MR) is 103 cm³/mol. The zero-order valence-corrected chi connectivity index (χ0v) is 16.5. The molecular weight excluding hydrogens is 421 g/mol. The number of rotatable bonds is 2. The Labute approximate surface area is 155 Å². The van der Waals surface area contributed by atoms with Crippen LogP contribution in [0.5, 0.6) is 0 Å². The smallest absolute Gasteiger partial charge is 0.295 e. The number of nitro benzene ring substituents is 1. The van der Waals surface area contributed by atoms with Crippen molar-refractivity contribution in [3.63, 3.8) is 0 Å². The normalized spacial score (nSPS) is 15.8. The number of anilines is 2. The summed E-state index contributed by atoms with van der Waals surface area (Å²) in [5.74, 6) is 5.97.